The van der Waals surface area contributed by atoms with Crippen molar-refractivity contribution in [3.05, 3.63) is 65.2 Å². The average Bonchev–Trinajstić information content (AvgIpc) is 2.70. The van der Waals surface area contributed by atoms with E-state index in [0.29, 0.717) is 17.1 Å². The summed E-state index contributed by atoms with van der Waals surface area (Å²) >= 11 is 10.00. The van der Waals surface area contributed by atoms with Gasteiger partial charge in [0.15, 0.2) is 12.1 Å². The minimum absolute atomic E-state index is 0.176. The minimum atomic E-state index is -1.69. The average molecular weight is 437 g/mol. The Kier molecular flexibility index (Phi) is 8.35. The van der Waals surface area contributed by atoms with E-state index in [2.05, 4.69) is 23.3 Å². The van der Waals surface area contributed by atoms with Crippen molar-refractivity contribution >= 4 is 47.8 Å². The van der Waals surface area contributed by atoms with E-state index in [1.54, 1.807) is 0 Å². The molecule has 0 aliphatic carbocycles. The second kappa shape index (κ2) is 10.7. The number of aliphatic carboxylic acids is 2. The van der Waals surface area contributed by atoms with Crippen LogP contribution in [0.1, 0.15) is 5.56 Å². The monoisotopic (exact) mass is 436 g/mol. The zero-order chi connectivity index (χ0) is 21.4. The molecule has 0 radical (unpaired) electrons. The number of halogens is 1. The normalized spacial score (nSPS) is 13.7. The number of carboxylic acids is 2. The highest BCUT2D eigenvalue weighted by Crippen LogP contribution is 2.16. The van der Waals surface area contributed by atoms with Crippen LogP contribution in [0.4, 0.5) is 5.69 Å². The first-order valence-electron chi connectivity index (χ1n) is 8.74. The highest BCUT2D eigenvalue weighted by Gasteiger charge is 2.36. The zero-order valence-electron chi connectivity index (χ0n) is 15.3. The summed E-state index contributed by atoms with van der Waals surface area (Å²) in [6.07, 6.45) is 0.352. The molecule has 0 saturated carbocycles. The number of carboxylic acid groups (broad SMARTS) is 2. The topological polar surface area (TPSA) is 116 Å². The standard InChI is InChI=1S/C20H21ClN2O5S/c21-14-6-8-15(9-7-14)22-16(19(25)26)17(20(27)28)23-18(24)13(11-29)10-12-4-2-1-3-5-12/h1-9,13,16-17,22,29H,10-11H2,(H,23,24)(H,25,26)(H,27,28)/t13?,16?,17-/m0/s1. The SMILES string of the molecule is O=C(N[C@H](C(=O)O)C(Nc1ccc(Cl)cc1)C(=O)O)C(CS)Cc1ccccc1. The molecule has 2 aromatic carbocycles. The summed E-state index contributed by atoms with van der Waals surface area (Å²) in [6, 6.07) is 12.0. The predicted molar refractivity (Wildman–Crippen MR) is 114 cm³/mol. The number of thiol groups is 1. The third kappa shape index (κ3) is 6.69. The van der Waals surface area contributed by atoms with Gasteiger partial charge in [0.25, 0.3) is 0 Å². The molecule has 0 fully saturated rings. The van der Waals surface area contributed by atoms with Gasteiger partial charge in [0.1, 0.15) is 0 Å². The first-order chi connectivity index (χ1) is 13.8. The number of rotatable bonds is 10. The summed E-state index contributed by atoms with van der Waals surface area (Å²) in [5, 5.41) is 24.5. The van der Waals surface area contributed by atoms with Gasteiger partial charge in [-0.25, -0.2) is 9.59 Å². The fraction of sp³-hybridized carbons (Fsp3) is 0.250. The summed E-state index contributed by atoms with van der Waals surface area (Å²) in [4.78, 5) is 36.1. The van der Waals surface area contributed by atoms with Gasteiger partial charge in [-0.3, -0.25) is 4.79 Å². The van der Waals surface area contributed by atoms with Crippen molar-refractivity contribution in [1.29, 1.82) is 0 Å². The molecular formula is C20H21ClN2O5S. The Morgan fingerprint density at radius 3 is 2.03 bits per heavy atom. The summed E-state index contributed by atoms with van der Waals surface area (Å²) in [5.74, 6) is -3.91. The lowest BCUT2D eigenvalue weighted by Gasteiger charge is -2.25. The molecule has 154 valence electrons. The van der Waals surface area contributed by atoms with Crippen LogP contribution in [-0.2, 0) is 20.8 Å². The maximum absolute atomic E-state index is 12.7. The summed E-state index contributed by atoms with van der Waals surface area (Å²) in [5.41, 5.74) is 1.25. The van der Waals surface area contributed by atoms with Gasteiger partial charge in [-0.1, -0.05) is 41.9 Å². The van der Waals surface area contributed by atoms with Crippen molar-refractivity contribution in [3.63, 3.8) is 0 Å². The van der Waals surface area contributed by atoms with Crippen LogP contribution in [-0.4, -0.2) is 45.9 Å². The first kappa shape index (κ1) is 22.6. The number of hydrogen-bond donors (Lipinski definition) is 5. The molecule has 29 heavy (non-hydrogen) atoms. The van der Waals surface area contributed by atoms with Gasteiger partial charge >= 0.3 is 11.9 Å². The lowest BCUT2D eigenvalue weighted by Crippen LogP contribution is -2.56. The molecule has 9 heteroatoms. The molecule has 0 spiro atoms. The molecule has 1 amide bonds. The van der Waals surface area contributed by atoms with Crippen LogP contribution in [0.2, 0.25) is 5.02 Å². The van der Waals surface area contributed by atoms with E-state index in [4.69, 9.17) is 11.6 Å². The largest absolute Gasteiger partial charge is 0.480 e. The molecule has 2 aromatic rings. The van der Waals surface area contributed by atoms with Crippen LogP contribution >= 0.6 is 24.2 Å². The van der Waals surface area contributed by atoms with E-state index in [0.717, 1.165) is 5.56 Å². The van der Waals surface area contributed by atoms with Crippen LogP contribution in [0.5, 0.6) is 0 Å². The number of carbonyl (C=O) groups excluding carboxylic acids is 1. The Balaban J connectivity index is 2.16. The molecule has 0 bridgehead atoms. The lowest BCUT2D eigenvalue weighted by molar-refractivity contribution is -0.148. The number of anilines is 1. The van der Waals surface area contributed by atoms with E-state index in [1.165, 1.54) is 24.3 Å². The van der Waals surface area contributed by atoms with Crippen molar-refractivity contribution in [2.75, 3.05) is 11.1 Å². The molecule has 0 heterocycles. The van der Waals surface area contributed by atoms with Crippen LogP contribution < -0.4 is 10.6 Å². The van der Waals surface area contributed by atoms with Gasteiger partial charge in [0.05, 0.1) is 5.92 Å². The van der Waals surface area contributed by atoms with Crippen LogP contribution in [0.25, 0.3) is 0 Å². The van der Waals surface area contributed by atoms with Gasteiger partial charge in [-0.15, -0.1) is 0 Å². The molecule has 0 saturated heterocycles. The Labute approximate surface area is 178 Å². The second-order valence-corrected chi connectivity index (χ2v) is 7.16. The van der Waals surface area contributed by atoms with Crippen molar-refractivity contribution in [2.45, 2.75) is 18.5 Å². The zero-order valence-corrected chi connectivity index (χ0v) is 16.9. The van der Waals surface area contributed by atoms with Crippen LogP contribution in [0.15, 0.2) is 54.6 Å². The van der Waals surface area contributed by atoms with Gasteiger partial charge in [0, 0.05) is 16.5 Å². The van der Waals surface area contributed by atoms with Crippen molar-refractivity contribution in [2.24, 2.45) is 5.92 Å². The summed E-state index contributed by atoms with van der Waals surface area (Å²) < 4.78 is 0. The Morgan fingerprint density at radius 1 is 0.931 bits per heavy atom. The van der Waals surface area contributed by atoms with E-state index in [-0.39, 0.29) is 5.75 Å². The van der Waals surface area contributed by atoms with Crippen LogP contribution in [0.3, 0.4) is 0 Å². The Hall–Kier alpha value is -2.71. The number of amides is 1. The van der Waals surface area contributed by atoms with E-state index < -0.39 is 35.8 Å². The molecule has 0 aliphatic heterocycles. The van der Waals surface area contributed by atoms with E-state index in [1.807, 2.05) is 30.3 Å². The van der Waals surface area contributed by atoms with Gasteiger partial charge in [0.2, 0.25) is 5.91 Å². The molecule has 3 atom stereocenters. The van der Waals surface area contributed by atoms with E-state index in [9.17, 15) is 24.6 Å². The van der Waals surface area contributed by atoms with Crippen molar-refractivity contribution in [3.8, 4) is 0 Å². The highest BCUT2D eigenvalue weighted by molar-refractivity contribution is 7.80. The van der Waals surface area contributed by atoms with E-state index >= 15 is 0 Å². The maximum atomic E-state index is 12.7. The molecule has 2 rings (SSSR count). The minimum Gasteiger partial charge on any atom is -0.480 e. The summed E-state index contributed by atoms with van der Waals surface area (Å²) in [7, 11) is 0. The molecular weight excluding hydrogens is 416 g/mol. The van der Waals surface area contributed by atoms with Gasteiger partial charge in [-0.05, 0) is 36.2 Å². The van der Waals surface area contributed by atoms with Gasteiger partial charge < -0.3 is 20.8 Å². The van der Waals surface area contributed by atoms with Crippen molar-refractivity contribution < 1.29 is 24.6 Å². The van der Waals surface area contributed by atoms with Crippen molar-refractivity contribution in [1.82, 2.24) is 5.32 Å². The second-order valence-electron chi connectivity index (χ2n) is 6.36. The molecule has 4 N–H and O–H groups in total. The predicted octanol–water partition coefficient (Wildman–Crippen LogP) is 2.56. The lowest BCUT2D eigenvalue weighted by atomic mass is 9.99. The Morgan fingerprint density at radius 2 is 1.52 bits per heavy atom. The molecule has 0 aromatic heterocycles. The number of benzene rings is 2. The maximum Gasteiger partial charge on any atom is 0.329 e. The number of carbonyl (C=O) groups is 3. The van der Waals surface area contributed by atoms with Crippen LogP contribution in [0, 0.1) is 5.92 Å². The fourth-order valence-electron chi connectivity index (χ4n) is 2.71. The smallest absolute Gasteiger partial charge is 0.329 e. The van der Waals surface area contributed by atoms with Gasteiger partial charge in [-0.2, -0.15) is 12.6 Å². The third-order valence-corrected chi connectivity index (χ3v) is 4.94. The molecule has 7 nitrogen and oxygen atoms in total. The highest BCUT2D eigenvalue weighted by atomic mass is 35.5. The molecule has 2 unspecified atom stereocenters. The number of hydrogen-bond acceptors (Lipinski definition) is 5. The molecule has 0 aliphatic rings. The fourth-order valence-corrected chi connectivity index (χ4v) is 3.13. The summed E-state index contributed by atoms with van der Waals surface area (Å²) in [6.45, 7) is 0. The Bertz CT molecular complexity index is 848. The number of nitrogens with one attached hydrogen (secondary N) is 2. The quantitative estimate of drug-likeness (QED) is 0.365. The first-order valence-corrected chi connectivity index (χ1v) is 9.75. The third-order valence-electron chi connectivity index (χ3n) is 4.25.